The number of nitrogens with zero attached hydrogens (tertiary/aromatic N) is 3. The van der Waals surface area contributed by atoms with Crippen molar-refractivity contribution in [2.45, 2.75) is 20.8 Å². The van der Waals surface area contributed by atoms with Crippen LogP contribution in [0.5, 0.6) is 0 Å². The lowest BCUT2D eigenvalue weighted by molar-refractivity contribution is -0.121. The van der Waals surface area contributed by atoms with Crippen molar-refractivity contribution in [2.24, 2.45) is 10.2 Å². The number of hydrogen-bond acceptors (Lipinski definition) is 8. The first-order chi connectivity index (χ1) is 17.9. The van der Waals surface area contributed by atoms with Crippen LogP contribution >= 0.6 is 23.1 Å². The highest BCUT2D eigenvalue weighted by atomic mass is 32.2. The number of thiophene rings is 1. The minimum atomic E-state index is -3.64. The van der Waals surface area contributed by atoms with Crippen LogP contribution in [-0.2, 0) is 19.6 Å². The van der Waals surface area contributed by atoms with Gasteiger partial charge in [-0.05, 0) is 72.1 Å². The van der Waals surface area contributed by atoms with E-state index in [1.165, 1.54) is 22.7 Å². The second kappa shape index (κ2) is 10.7. The van der Waals surface area contributed by atoms with Crippen LogP contribution in [0.1, 0.15) is 6.42 Å². The summed E-state index contributed by atoms with van der Waals surface area (Å²) in [5.74, 6) is -0.572. The van der Waals surface area contributed by atoms with Crippen molar-refractivity contribution in [1.82, 2.24) is 0 Å². The van der Waals surface area contributed by atoms with Gasteiger partial charge in [0.05, 0.1) is 22.3 Å². The monoisotopic (exact) mass is 548 g/mol. The molecule has 0 radical (unpaired) electrons. The Morgan fingerprint density at radius 2 is 1.51 bits per heavy atom. The Bertz CT molecular complexity index is 1540. The minimum absolute atomic E-state index is 0.0751. The van der Waals surface area contributed by atoms with E-state index in [1.54, 1.807) is 60.0 Å². The van der Waals surface area contributed by atoms with Gasteiger partial charge in [0, 0.05) is 17.0 Å². The number of imide groups is 1. The molecule has 1 aliphatic heterocycles. The fourth-order valence-electron chi connectivity index (χ4n) is 3.63. The van der Waals surface area contributed by atoms with Gasteiger partial charge in [-0.2, -0.15) is 10.2 Å². The second-order valence-electron chi connectivity index (χ2n) is 7.99. The van der Waals surface area contributed by atoms with Crippen LogP contribution in [0.4, 0.5) is 22.7 Å². The molecule has 2 amide bonds. The summed E-state index contributed by atoms with van der Waals surface area (Å²) in [7, 11) is -3.64. The number of thioether (sulfide) groups is 1. The summed E-state index contributed by atoms with van der Waals surface area (Å²) in [5.41, 5.74) is 2.23. The van der Waals surface area contributed by atoms with Crippen LogP contribution in [0.3, 0.4) is 0 Å². The number of hydrogen-bond donors (Lipinski definition) is 1. The maximum Gasteiger partial charge on any atom is 0.271 e. The lowest BCUT2D eigenvalue weighted by Crippen LogP contribution is -2.30. The molecule has 1 aliphatic rings. The van der Waals surface area contributed by atoms with Crippen molar-refractivity contribution in [3.8, 4) is 0 Å². The van der Waals surface area contributed by atoms with Gasteiger partial charge in [-0.15, -0.1) is 23.1 Å². The predicted molar refractivity (Wildman–Crippen MR) is 145 cm³/mol. The molecule has 1 saturated heterocycles. The standard InChI is InChI=1S/C26H20N4O4S3/c31-24-17-23(36-22-14-10-20(11-15-22)29-37(33,34)25-7-4-16-35-25)26(32)30(24)21-12-8-19(9-13-21)28-27-18-5-2-1-3-6-18/h1-16,23,29H,17H2. The molecule has 11 heteroatoms. The molecule has 2 heterocycles. The highest BCUT2D eigenvalue weighted by Gasteiger charge is 2.40. The van der Waals surface area contributed by atoms with Gasteiger partial charge in [-0.25, -0.2) is 13.3 Å². The molecule has 0 saturated carbocycles. The Morgan fingerprint density at radius 1 is 0.838 bits per heavy atom. The van der Waals surface area contributed by atoms with Gasteiger partial charge in [0.15, 0.2) is 0 Å². The predicted octanol–water partition coefficient (Wildman–Crippen LogP) is 6.39. The Labute approximate surface area is 222 Å². The molecule has 0 spiro atoms. The van der Waals surface area contributed by atoms with E-state index in [4.69, 9.17) is 0 Å². The zero-order valence-corrected chi connectivity index (χ0v) is 21.7. The lowest BCUT2D eigenvalue weighted by atomic mass is 10.2. The van der Waals surface area contributed by atoms with Gasteiger partial charge in [0.25, 0.3) is 10.0 Å². The van der Waals surface area contributed by atoms with Crippen LogP contribution in [0, 0.1) is 0 Å². The van der Waals surface area contributed by atoms with Gasteiger partial charge in [-0.3, -0.25) is 14.3 Å². The van der Waals surface area contributed by atoms with Crippen molar-refractivity contribution in [3.05, 3.63) is 96.4 Å². The molecule has 1 unspecified atom stereocenters. The quantitative estimate of drug-likeness (QED) is 0.203. The zero-order chi connectivity index (χ0) is 25.8. The number of nitrogens with one attached hydrogen (secondary N) is 1. The largest absolute Gasteiger partial charge is 0.279 e. The first-order valence-electron chi connectivity index (χ1n) is 11.2. The molecule has 186 valence electrons. The highest BCUT2D eigenvalue weighted by Crippen LogP contribution is 2.35. The highest BCUT2D eigenvalue weighted by molar-refractivity contribution is 8.00. The summed E-state index contributed by atoms with van der Waals surface area (Å²) in [6.45, 7) is 0. The van der Waals surface area contributed by atoms with E-state index in [9.17, 15) is 18.0 Å². The topological polar surface area (TPSA) is 108 Å². The molecule has 0 aliphatic carbocycles. The maximum atomic E-state index is 13.1. The van der Waals surface area contributed by atoms with E-state index >= 15 is 0 Å². The molecular formula is C26H20N4O4S3. The number of carbonyl (C=O) groups is 2. The average molecular weight is 549 g/mol. The van der Waals surface area contributed by atoms with E-state index in [1.807, 2.05) is 30.3 Å². The summed E-state index contributed by atoms with van der Waals surface area (Å²) >= 11 is 2.41. The number of rotatable bonds is 8. The van der Waals surface area contributed by atoms with Gasteiger partial charge in [0.2, 0.25) is 11.8 Å². The van der Waals surface area contributed by atoms with E-state index in [-0.39, 0.29) is 22.4 Å². The molecule has 1 atom stereocenters. The summed E-state index contributed by atoms with van der Waals surface area (Å²) in [6, 6.07) is 26.0. The van der Waals surface area contributed by atoms with E-state index in [0.717, 1.165) is 21.9 Å². The molecule has 8 nitrogen and oxygen atoms in total. The van der Waals surface area contributed by atoms with Gasteiger partial charge in [-0.1, -0.05) is 24.3 Å². The van der Waals surface area contributed by atoms with Crippen LogP contribution in [0.15, 0.2) is 116 Å². The van der Waals surface area contributed by atoms with Crippen LogP contribution in [-0.4, -0.2) is 25.5 Å². The number of carbonyl (C=O) groups excluding carboxylic acids is 2. The van der Waals surface area contributed by atoms with Crippen LogP contribution in [0.25, 0.3) is 0 Å². The molecule has 5 rings (SSSR count). The van der Waals surface area contributed by atoms with E-state index in [0.29, 0.717) is 17.1 Å². The molecule has 37 heavy (non-hydrogen) atoms. The Balaban J connectivity index is 1.22. The van der Waals surface area contributed by atoms with Crippen molar-refractivity contribution < 1.29 is 18.0 Å². The molecule has 1 N–H and O–H groups in total. The first kappa shape index (κ1) is 24.9. The Hall–Kier alpha value is -3.80. The SMILES string of the molecule is O=C1CC(Sc2ccc(NS(=O)(=O)c3cccs3)cc2)C(=O)N1c1ccc(N=Nc2ccccc2)cc1. The third kappa shape index (κ3) is 5.79. The molecule has 1 aromatic heterocycles. The first-order valence-corrected chi connectivity index (χ1v) is 14.4. The Kier molecular flexibility index (Phi) is 7.17. The molecule has 3 aromatic carbocycles. The van der Waals surface area contributed by atoms with E-state index in [2.05, 4.69) is 15.0 Å². The number of amides is 2. The summed E-state index contributed by atoms with van der Waals surface area (Å²) in [6.07, 6.45) is 0.0751. The number of anilines is 2. The second-order valence-corrected chi connectivity index (χ2v) is 12.1. The maximum absolute atomic E-state index is 13.1. The lowest BCUT2D eigenvalue weighted by Gasteiger charge is -2.15. The van der Waals surface area contributed by atoms with Crippen LogP contribution < -0.4 is 9.62 Å². The van der Waals surface area contributed by atoms with Crippen molar-refractivity contribution in [2.75, 3.05) is 9.62 Å². The molecule has 0 bridgehead atoms. The fourth-order valence-corrected chi connectivity index (χ4v) is 6.74. The summed E-state index contributed by atoms with van der Waals surface area (Å²) in [4.78, 5) is 27.7. The number of benzene rings is 3. The van der Waals surface area contributed by atoms with Crippen molar-refractivity contribution in [3.63, 3.8) is 0 Å². The molecular weight excluding hydrogens is 529 g/mol. The van der Waals surface area contributed by atoms with E-state index < -0.39 is 15.3 Å². The Morgan fingerprint density at radius 3 is 2.16 bits per heavy atom. The normalized spacial score (nSPS) is 16.0. The third-order valence-electron chi connectivity index (χ3n) is 5.40. The fraction of sp³-hybridized carbons (Fsp3) is 0.0769. The van der Waals surface area contributed by atoms with Gasteiger partial charge >= 0.3 is 0 Å². The van der Waals surface area contributed by atoms with Crippen molar-refractivity contribution in [1.29, 1.82) is 0 Å². The summed E-state index contributed by atoms with van der Waals surface area (Å²) < 4.78 is 27.6. The van der Waals surface area contributed by atoms with Gasteiger partial charge < -0.3 is 0 Å². The third-order valence-corrected chi connectivity index (χ3v) is 9.37. The van der Waals surface area contributed by atoms with Crippen molar-refractivity contribution >= 4 is 67.7 Å². The molecule has 4 aromatic rings. The summed E-state index contributed by atoms with van der Waals surface area (Å²) in [5, 5.41) is 9.48. The smallest absolute Gasteiger partial charge is 0.271 e. The van der Waals surface area contributed by atoms with Crippen LogP contribution in [0.2, 0.25) is 0 Å². The minimum Gasteiger partial charge on any atom is -0.279 e. The number of sulfonamides is 1. The zero-order valence-electron chi connectivity index (χ0n) is 19.2. The average Bonchev–Trinajstić information content (AvgIpc) is 3.54. The number of azo groups is 1. The van der Waals surface area contributed by atoms with Gasteiger partial charge in [0.1, 0.15) is 4.21 Å². The molecule has 1 fully saturated rings.